The molecule has 0 spiro atoms. The van der Waals surface area contributed by atoms with Crippen LogP contribution < -0.4 is 0 Å². The van der Waals surface area contributed by atoms with E-state index in [4.69, 9.17) is 0 Å². The predicted molar refractivity (Wildman–Crippen MR) is 49.7 cm³/mol. The van der Waals surface area contributed by atoms with Crippen molar-refractivity contribution in [3.05, 3.63) is 0 Å². The van der Waals surface area contributed by atoms with E-state index in [2.05, 4.69) is 13.7 Å². The Balaban J connectivity index is 2.53. The van der Waals surface area contributed by atoms with Crippen LogP contribution in [0.5, 0.6) is 0 Å². The van der Waals surface area contributed by atoms with Gasteiger partial charge in [0.25, 0.3) is 0 Å². The highest BCUT2D eigenvalue weighted by molar-refractivity contribution is 7.11. The third-order valence-corrected chi connectivity index (χ3v) is 1.46. The molecule has 0 aliphatic carbocycles. The molecule has 0 atom stereocenters. The second-order valence-corrected chi connectivity index (χ2v) is 2.41. The Morgan fingerprint density at radius 3 is 2.38 bits per heavy atom. The lowest BCUT2D eigenvalue weighted by Crippen LogP contribution is -2.08. The summed E-state index contributed by atoms with van der Waals surface area (Å²) in [5.74, 6) is 0. The largest absolute Gasteiger partial charge is 0.114 e. The smallest absolute Gasteiger partial charge is 0.0853 e. The van der Waals surface area contributed by atoms with E-state index >= 15 is 0 Å². The summed E-state index contributed by atoms with van der Waals surface area (Å²) in [5.41, 5.74) is 0. The third-order valence-electron chi connectivity index (χ3n) is 1.46. The van der Waals surface area contributed by atoms with Crippen molar-refractivity contribution >= 4 is 28.7 Å². The van der Waals surface area contributed by atoms with E-state index in [1.165, 1.54) is 41.2 Å². The summed E-state index contributed by atoms with van der Waals surface area (Å²) in [6.07, 6.45) is 2.81. The molecule has 0 aliphatic heterocycles. The maximum absolute atomic E-state index is 2.26. The van der Waals surface area contributed by atoms with Gasteiger partial charge in [0, 0.05) is 0 Å². The lowest BCUT2D eigenvalue weighted by atomic mass is 9.24. The van der Waals surface area contributed by atoms with Crippen LogP contribution in [0.25, 0.3) is 0 Å². The van der Waals surface area contributed by atoms with Crippen molar-refractivity contribution in [2.75, 3.05) is 0 Å². The Bertz CT molecular complexity index is 33.0. The summed E-state index contributed by atoms with van der Waals surface area (Å²) in [6.45, 7) is 4.51. The van der Waals surface area contributed by atoms with Crippen LogP contribution in [0.1, 0.15) is 6.92 Å². The first-order valence-corrected chi connectivity index (χ1v) is 3.91. The summed E-state index contributed by atoms with van der Waals surface area (Å²) in [7, 11) is 5.67. The third kappa shape index (κ3) is 6.26. The van der Waals surface area contributed by atoms with E-state index in [1.807, 2.05) is 0 Å². The van der Waals surface area contributed by atoms with Crippen LogP contribution in [0.4, 0.5) is 0 Å². The van der Waals surface area contributed by atoms with Gasteiger partial charge in [-0.25, -0.2) is 0 Å². The van der Waals surface area contributed by atoms with Gasteiger partial charge in [0.2, 0.25) is 0 Å². The maximum atomic E-state index is 2.26. The summed E-state index contributed by atoms with van der Waals surface area (Å²) < 4.78 is 0. The Morgan fingerprint density at radius 2 is 1.88 bits per heavy atom. The van der Waals surface area contributed by atoms with Crippen LogP contribution in [0.3, 0.4) is 0 Å². The van der Waals surface area contributed by atoms with Crippen molar-refractivity contribution in [3.8, 4) is 0 Å². The first-order chi connectivity index (χ1) is 3.91. The molecule has 42 valence electrons. The van der Waals surface area contributed by atoms with Crippen molar-refractivity contribution in [1.29, 1.82) is 0 Å². The molecule has 0 bridgehead atoms. The molecule has 0 saturated heterocycles. The molecule has 0 N–H and O–H groups in total. The summed E-state index contributed by atoms with van der Waals surface area (Å²) in [4.78, 5) is 0. The fourth-order valence-electron chi connectivity index (χ4n) is 0.854. The van der Waals surface area contributed by atoms with Crippen LogP contribution in [0, 0.1) is 0 Å². The Labute approximate surface area is 55.7 Å². The average molecular weight is 105 g/mol. The number of hydrogen-bond donors (Lipinski definition) is 0. The maximum Gasteiger partial charge on any atom is 0.0853 e. The van der Waals surface area contributed by atoms with Crippen molar-refractivity contribution in [3.63, 3.8) is 0 Å². The number of hydrogen-bond acceptors (Lipinski definition) is 0. The van der Waals surface area contributed by atoms with E-state index in [0.29, 0.717) is 0 Å². The topological polar surface area (TPSA) is 0 Å². The standard InChI is InChI=1S/C4H14B4/c1-3-6-8-4-7-5-2/h5-8H,3-4H2,1-2H3. The van der Waals surface area contributed by atoms with Crippen LogP contribution in [-0.2, 0) is 0 Å². The molecule has 0 unspecified atom stereocenters. The molecule has 0 saturated carbocycles. The van der Waals surface area contributed by atoms with Gasteiger partial charge >= 0.3 is 0 Å². The SMILES string of the molecule is CBBCBBCC. The normalized spacial score (nSPS) is 7.75. The van der Waals surface area contributed by atoms with Crippen molar-refractivity contribution in [1.82, 2.24) is 0 Å². The van der Waals surface area contributed by atoms with Crippen molar-refractivity contribution < 1.29 is 0 Å². The van der Waals surface area contributed by atoms with Crippen LogP contribution in [-0.4, -0.2) is 28.7 Å². The Morgan fingerprint density at radius 1 is 1.12 bits per heavy atom. The fraction of sp³-hybridized carbons (Fsp3) is 1.00. The van der Waals surface area contributed by atoms with Gasteiger partial charge in [-0.1, -0.05) is 20.1 Å². The highest BCUT2D eigenvalue weighted by Gasteiger charge is 1.90. The minimum absolute atomic E-state index is 1.36. The van der Waals surface area contributed by atoms with Gasteiger partial charge < -0.3 is 0 Å². The molecule has 0 radical (unpaired) electrons. The van der Waals surface area contributed by atoms with Crippen LogP contribution >= 0.6 is 0 Å². The van der Waals surface area contributed by atoms with Crippen LogP contribution in [0.15, 0.2) is 0 Å². The van der Waals surface area contributed by atoms with Gasteiger partial charge in [0.15, 0.2) is 0 Å². The zero-order valence-electron chi connectivity index (χ0n) is 6.24. The zero-order chi connectivity index (χ0) is 6.24. The summed E-state index contributed by atoms with van der Waals surface area (Å²) in [5, 5.41) is 0. The highest BCUT2D eigenvalue weighted by Crippen LogP contribution is 1.76. The minimum Gasteiger partial charge on any atom is -0.114 e. The molecule has 0 aromatic rings. The molecule has 0 aromatic carbocycles. The summed E-state index contributed by atoms with van der Waals surface area (Å²) >= 11 is 0. The van der Waals surface area contributed by atoms with Gasteiger partial charge in [-0.3, -0.25) is 0 Å². The molecule has 0 heterocycles. The molecule has 8 heavy (non-hydrogen) atoms. The van der Waals surface area contributed by atoms with Crippen molar-refractivity contribution in [2.24, 2.45) is 0 Å². The fourth-order valence-corrected chi connectivity index (χ4v) is 0.854. The number of rotatable bonds is 5. The lowest BCUT2D eigenvalue weighted by molar-refractivity contribution is 1.47. The Hall–Kier alpha value is 0.260. The molecule has 0 fully saturated rings. The van der Waals surface area contributed by atoms with Gasteiger partial charge in [0.1, 0.15) is 0 Å². The minimum atomic E-state index is 1.36. The molecule has 0 rings (SSSR count). The monoisotopic (exact) mass is 106 g/mol. The van der Waals surface area contributed by atoms with E-state index in [-0.39, 0.29) is 0 Å². The van der Waals surface area contributed by atoms with E-state index in [1.54, 1.807) is 0 Å². The van der Waals surface area contributed by atoms with E-state index in [9.17, 15) is 0 Å². The molecular weight excluding hydrogens is 91.3 g/mol. The molecule has 0 aliphatic rings. The van der Waals surface area contributed by atoms with Gasteiger partial charge in [-0.15, -0.1) is 6.22 Å². The predicted octanol–water partition coefficient (Wildman–Crippen LogP) is -0.576. The highest BCUT2D eigenvalue weighted by atomic mass is 13.3. The second kappa shape index (κ2) is 7.26. The van der Waals surface area contributed by atoms with E-state index < -0.39 is 0 Å². The first kappa shape index (κ1) is 8.26. The summed E-state index contributed by atoms with van der Waals surface area (Å²) in [6, 6.07) is 0. The Kier molecular flexibility index (Phi) is 7.50. The first-order valence-electron chi connectivity index (χ1n) is 3.91. The lowest BCUT2D eigenvalue weighted by Gasteiger charge is -1.87. The molecule has 0 nitrogen and oxygen atoms in total. The molecular formula is C4H14B4. The van der Waals surface area contributed by atoms with E-state index in [0.717, 1.165) is 0 Å². The molecule has 0 aromatic heterocycles. The average Bonchev–Trinajstić information content (AvgIpc) is 1.81. The second-order valence-electron chi connectivity index (χ2n) is 2.41. The van der Waals surface area contributed by atoms with Crippen molar-refractivity contribution in [2.45, 2.75) is 26.3 Å². The quantitative estimate of drug-likeness (QED) is 0.324. The van der Waals surface area contributed by atoms with Gasteiger partial charge in [-0.05, 0) is 0 Å². The van der Waals surface area contributed by atoms with Gasteiger partial charge in [-0.2, -0.15) is 0 Å². The molecule has 4 heteroatoms. The zero-order valence-corrected chi connectivity index (χ0v) is 6.24. The molecule has 0 amide bonds. The van der Waals surface area contributed by atoms with Gasteiger partial charge in [0.05, 0.1) is 28.7 Å². The van der Waals surface area contributed by atoms with Crippen LogP contribution in [0.2, 0.25) is 19.4 Å².